The van der Waals surface area contributed by atoms with Crippen LogP contribution in [0.2, 0.25) is 0 Å². The molecule has 0 radical (unpaired) electrons. The van der Waals surface area contributed by atoms with Gasteiger partial charge in [-0.2, -0.15) is 5.26 Å². The Morgan fingerprint density at radius 3 is 2.68 bits per heavy atom. The van der Waals surface area contributed by atoms with E-state index in [0.717, 1.165) is 31.5 Å². The summed E-state index contributed by atoms with van der Waals surface area (Å²) in [6, 6.07) is 10.5. The quantitative estimate of drug-likeness (QED) is 0.719. The summed E-state index contributed by atoms with van der Waals surface area (Å²) in [7, 11) is 1.71. The predicted octanol–water partition coefficient (Wildman–Crippen LogP) is 3.96. The molecular formula is C16H24N2O. The SMILES string of the molecule is COCc1ccccc1NCCCCC(C)(C)C#N. The Labute approximate surface area is 116 Å². The molecule has 1 aromatic rings. The van der Waals surface area contributed by atoms with Crippen molar-refractivity contribution in [2.24, 2.45) is 5.41 Å². The number of para-hydroxylation sites is 1. The van der Waals surface area contributed by atoms with E-state index in [-0.39, 0.29) is 5.41 Å². The Morgan fingerprint density at radius 2 is 2.00 bits per heavy atom. The van der Waals surface area contributed by atoms with E-state index >= 15 is 0 Å². The van der Waals surface area contributed by atoms with Gasteiger partial charge in [-0.05, 0) is 32.8 Å². The van der Waals surface area contributed by atoms with E-state index in [4.69, 9.17) is 10.00 Å². The van der Waals surface area contributed by atoms with Crippen molar-refractivity contribution in [1.29, 1.82) is 5.26 Å². The summed E-state index contributed by atoms with van der Waals surface area (Å²) in [4.78, 5) is 0. The van der Waals surface area contributed by atoms with Gasteiger partial charge in [0.05, 0.1) is 18.1 Å². The van der Waals surface area contributed by atoms with E-state index in [1.807, 2.05) is 26.0 Å². The normalized spacial score (nSPS) is 11.1. The lowest BCUT2D eigenvalue weighted by Crippen LogP contribution is -2.09. The maximum absolute atomic E-state index is 8.94. The Bertz CT molecular complexity index is 421. The monoisotopic (exact) mass is 260 g/mol. The van der Waals surface area contributed by atoms with Crippen molar-refractivity contribution in [3.05, 3.63) is 29.8 Å². The van der Waals surface area contributed by atoms with Crippen LogP contribution in [-0.2, 0) is 11.3 Å². The molecule has 0 saturated heterocycles. The van der Waals surface area contributed by atoms with Gasteiger partial charge in [-0.3, -0.25) is 0 Å². The zero-order valence-electron chi connectivity index (χ0n) is 12.2. The van der Waals surface area contributed by atoms with Crippen LogP contribution in [0.5, 0.6) is 0 Å². The summed E-state index contributed by atoms with van der Waals surface area (Å²) in [6.45, 7) is 5.55. The smallest absolute Gasteiger partial charge is 0.0733 e. The molecule has 0 spiro atoms. The maximum Gasteiger partial charge on any atom is 0.0733 e. The minimum absolute atomic E-state index is 0.200. The Kier molecular flexibility index (Phi) is 6.38. The molecule has 104 valence electrons. The Balaban J connectivity index is 2.32. The van der Waals surface area contributed by atoms with Crippen LogP contribution in [0, 0.1) is 16.7 Å². The third kappa shape index (κ3) is 5.76. The van der Waals surface area contributed by atoms with Crippen LogP contribution >= 0.6 is 0 Å². The number of benzene rings is 1. The highest BCUT2D eigenvalue weighted by atomic mass is 16.5. The average Bonchev–Trinajstić information content (AvgIpc) is 2.40. The number of ether oxygens (including phenoxy) is 1. The molecule has 3 nitrogen and oxygen atoms in total. The van der Waals surface area contributed by atoms with Crippen molar-refractivity contribution in [2.45, 2.75) is 39.7 Å². The third-order valence-corrected chi connectivity index (χ3v) is 3.16. The fourth-order valence-electron chi connectivity index (χ4n) is 1.95. The molecule has 0 amide bonds. The highest BCUT2D eigenvalue weighted by molar-refractivity contribution is 5.50. The second-order valence-electron chi connectivity index (χ2n) is 5.47. The molecule has 0 atom stereocenters. The molecule has 0 bridgehead atoms. The molecule has 0 aliphatic carbocycles. The van der Waals surface area contributed by atoms with E-state index in [9.17, 15) is 0 Å². The van der Waals surface area contributed by atoms with Crippen LogP contribution < -0.4 is 5.32 Å². The maximum atomic E-state index is 8.94. The Morgan fingerprint density at radius 1 is 1.26 bits per heavy atom. The second-order valence-corrected chi connectivity index (χ2v) is 5.47. The zero-order valence-corrected chi connectivity index (χ0v) is 12.2. The van der Waals surface area contributed by atoms with E-state index in [2.05, 4.69) is 23.5 Å². The summed E-state index contributed by atoms with van der Waals surface area (Å²) < 4.78 is 5.18. The van der Waals surface area contributed by atoms with Crippen LogP contribution in [0.15, 0.2) is 24.3 Å². The molecule has 1 rings (SSSR count). The molecule has 0 aliphatic rings. The van der Waals surface area contributed by atoms with Crippen molar-refractivity contribution < 1.29 is 4.74 Å². The van der Waals surface area contributed by atoms with Crippen molar-refractivity contribution in [3.63, 3.8) is 0 Å². The van der Waals surface area contributed by atoms with Gasteiger partial charge in [0.15, 0.2) is 0 Å². The van der Waals surface area contributed by atoms with Gasteiger partial charge in [0.2, 0.25) is 0 Å². The van der Waals surface area contributed by atoms with Crippen LogP contribution in [0.25, 0.3) is 0 Å². The number of nitrogens with zero attached hydrogens (tertiary/aromatic N) is 1. The largest absolute Gasteiger partial charge is 0.385 e. The number of methoxy groups -OCH3 is 1. The molecule has 0 fully saturated rings. The number of anilines is 1. The van der Waals surface area contributed by atoms with Crippen LogP contribution in [0.1, 0.15) is 38.7 Å². The minimum Gasteiger partial charge on any atom is -0.385 e. The van der Waals surface area contributed by atoms with Crippen LogP contribution in [0.4, 0.5) is 5.69 Å². The first-order valence-electron chi connectivity index (χ1n) is 6.81. The van der Waals surface area contributed by atoms with Gasteiger partial charge in [-0.15, -0.1) is 0 Å². The van der Waals surface area contributed by atoms with Gasteiger partial charge in [0, 0.05) is 24.9 Å². The molecule has 0 saturated carbocycles. The van der Waals surface area contributed by atoms with Gasteiger partial charge in [0.25, 0.3) is 0 Å². The number of hydrogen-bond donors (Lipinski definition) is 1. The van der Waals surface area contributed by atoms with Crippen LogP contribution in [0.3, 0.4) is 0 Å². The highest BCUT2D eigenvalue weighted by Gasteiger charge is 2.15. The lowest BCUT2D eigenvalue weighted by atomic mass is 9.89. The molecule has 0 aliphatic heterocycles. The zero-order chi connectivity index (χ0) is 14.1. The van der Waals surface area contributed by atoms with Crippen molar-refractivity contribution in [2.75, 3.05) is 19.0 Å². The van der Waals surface area contributed by atoms with E-state index in [0.29, 0.717) is 6.61 Å². The van der Waals surface area contributed by atoms with E-state index < -0.39 is 0 Å². The number of hydrogen-bond acceptors (Lipinski definition) is 3. The summed E-state index contributed by atoms with van der Waals surface area (Å²) in [6.07, 6.45) is 3.09. The molecule has 19 heavy (non-hydrogen) atoms. The van der Waals surface area contributed by atoms with Crippen LogP contribution in [-0.4, -0.2) is 13.7 Å². The molecule has 1 N–H and O–H groups in total. The molecule has 0 heterocycles. The summed E-state index contributed by atoms with van der Waals surface area (Å²) in [5.41, 5.74) is 2.12. The van der Waals surface area contributed by atoms with Gasteiger partial charge < -0.3 is 10.1 Å². The molecular weight excluding hydrogens is 236 g/mol. The summed E-state index contributed by atoms with van der Waals surface area (Å²) in [5.74, 6) is 0. The van der Waals surface area contributed by atoms with E-state index in [1.54, 1.807) is 7.11 Å². The van der Waals surface area contributed by atoms with Gasteiger partial charge >= 0.3 is 0 Å². The third-order valence-electron chi connectivity index (χ3n) is 3.16. The van der Waals surface area contributed by atoms with Gasteiger partial charge in [-0.25, -0.2) is 0 Å². The molecule has 3 heteroatoms. The van der Waals surface area contributed by atoms with Crippen molar-refractivity contribution in [1.82, 2.24) is 0 Å². The number of rotatable bonds is 8. The second kappa shape index (κ2) is 7.81. The number of nitriles is 1. The molecule has 0 unspecified atom stereocenters. The summed E-state index contributed by atoms with van der Waals surface area (Å²) in [5, 5.41) is 12.4. The number of unbranched alkanes of at least 4 members (excludes halogenated alkanes) is 1. The lowest BCUT2D eigenvalue weighted by molar-refractivity contribution is 0.185. The first-order chi connectivity index (χ1) is 9.09. The van der Waals surface area contributed by atoms with E-state index in [1.165, 1.54) is 5.56 Å². The highest BCUT2D eigenvalue weighted by Crippen LogP contribution is 2.22. The minimum atomic E-state index is -0.200. The predicted molar refractivity (Wildman–Crippen MR) is 78.9 cm³/mol. The molecule has 1 aromatic carbocycles. The fourth-order valence-corrected chi connectivity index (χ4v) is 1.95. The fraction of sp³-hybridized carbons (Fsp3) is 0.562. The average molecular weight is 260 g/mol. The first kappa shape index (κ1) is 15.5. The van der Waals surface area contributed by atoms with Gasteiger partial charge in [-0.1, -0.05) is 24.6 Å². The lowest BCUT2D eigenvalue weighted by Gasteiger charge is -2.15. The topological polar surface area (TPSA) is 45.0 Å². The van der Waals surface area contributed by atoms with Crippen molar-refractivity contribution >= 4 is 5.69 Å². The van der Waals surface area contributed by atoms with Crippen molar-refractivity contribution in [3.8, 4) is 6.07 Å². The standard InChI is InChI=1S/C16H24N2O/c1-16(2,13-17)10-6-7-11-18-15-9-5-4-8-14(15)12-19-3/h4-5,8-9,18H,6-7,10-12H2,1-3H3. The first-order valence-corrected chi connectivity index (χ1v) is 6.81. The Hall–Kier alpha value is -1.53. The summed E-state index contributed by atoms with van der Waals surface area (Å²) >= 11 is 0. The van der Waals surface area contributed by atoms with Gasteiger partial charge in [0.1, 0.15) is 0 Å². The number of nitrogens with one attached hydrogen (secondary N) is 1. The molecule has 0 aromatic heterocycles.